The maximum Gasteiger partial charge on any atom is 0.341 e. The van der Waals surface area contributed by atoms with Gasteiger partial charge in [-0.1, -0.05) is 12.1 Å². The molecule has 0 unspecified atom stereocenters. The van der Waals surface area contributed by atoms with Gasteiger partial charge in [-0.3, -0.25) is 4.79 Å². The fourth-order valence-electron chi connectivity index (χ4n) is 1.67. The van der Waals surface area contributed by atoms with E-state index in [0.717, 1.165) is 15.7 Å². The fourth-order valence-corrected chi connectivity index (χ4v) is 2.34. The largest absolute Gasteiger partial charge is 0.482 e. The zero-order valence-corrected chi connectivity index (χ0v) is 11.2. The van der Waals surface area contributed by atoms with Crippen LogP contribution >= 0.6 is 11.8 Å². The molecule has 0 fully saturated rings. The Balaban J connectivity index is 2.16. The maximum atomic E-state index is 10.5. The highest BCUT2D eigenvalue weighted by atomic mass is 32.2. The lowest BCUT2D eigenvalue weighted by molar-refractivity contribution is -0.139. The quantitative estimate of drug-likeness (QED) is 0.796. The summed E-state index contributed by atoms with van der Waals surface area (Å²) in [6.45, 7) is -0.377. The standard InChI is InChI=1S/C14H12O5S/c15-13(16)7-19-11-3-1-10-6-12(20-8-14(17)18)4-2-9(10)5-11/h1-6H,7-8H2,(H,15,16)(H,17,18). The molecule has 2 rings (SSSR count). The van der Waals surface area contributed by atoms with Gasteiger partial charge in [0, 0.05) is 4.90 Å². The number of hydrogen-bond donors (Lipinski definition) is 2. The molecule has 2 N–H and O–H groups in total. The predicted molar refractivity (Wildman–Crippen MR) is 75.4 cm³/mol. The van der Waals surface area contributed by atoms with E-state index >= 15 is 0 Å². The van der Waals surface area contributed by atoms with E-state index < -0.39 is 11.9 Å². The number of hydrogen-bond acceptors (Lipinski definition) is 4. The predicted octanol–water partition coefficient (Wildman–Crippen LogP) is 2.48. The summed E-state index contributed by atoms with van der Waals surface area (Å²) >= 11 is 1.25. The Labute approximate surface area is 119 Å². The zero-order chi connectivity index (χ0) is 14.5. The Morgan fingerprint density at radius 1 is 1.00 bits per heavy atom. The minimum absolute atomic E-state index is 0.0192. The highest BCUT2D eigenvalue weighted by Crippen LogP contribution is 2.26. The fraction of sp³-hybridized carbons (Fsp3) is 0.143. The number of thioether (sulfide) groups is 1. The van der Waals surface area contributed by atoms with Gasteiger partial charge in [0.15, 0.2) is 6.61 Å². The molecule has 0 amide bonds. The van der Waals surface area contributed by atoms with Crippen LogP contribution in [0.25, 0.3) is 10.8 Å². The van der Waals surface area contributed by atoms with E-state index in [-0.39, 0.29) is 12.4 Å². The van der Waals surface area contributed by atoms with Gasteiger partial charge in [-0.25, -0.2) is 4.79 Å². The third-order valence-electron chi connectivity index (χ3n) is 2.51. The monoisotopic (exact) mass is 292 g/mol. The van der Waals surface area contributed by atoms with Crippen LogP contribution in [0.4, 0.5) is 0 Å². The van der Waals surface area contributed by atoms with Gasteiger partial charge >= 0.3 is 11.9 Å². The third kappa shape index (κ3) is 3.89. The first-order valence-electron chi connectivity index (χ1n) is 5.77. The second kappa shape index (κ2) is 6.29. The second-order valence-electron chi connectivity index (χ2n) is 4.04. The molecule has 0 saturated heterocycles. The number of rotatable bonds is 6. The van der Waals surface area contributed by atoms with Crippen LogP contribution in [-0.4, -0.2) is 34.5 Å². The van der Waals surface area contributed by atoms with Crippen LogP contribution in [-0.2, 0) is 9.59 Å². The normalized spacial score (nSPS) is 10.4. The third-order valence-corrected chi connectivity index (χ3v) is 3.49. The van der Waals surface area contributed by atoms with Gasteiger partial charge < -0.3 is 14.9 Å². The number of aliphatic carboxylic acids is 2. The summed E-state index contributed by atoms with van der Waals surface area (Å²) in [5, 5.41) is 19.1. The molecule has 20 heavy (non-hydrogen) atoms. The summed E-state index contributed by atoms with van der Waals surface area (Å²) in [6.07, 6.45) is 0. The van der Waals surface area contributed by atoms with E-state index in [2.05, 4.69) is 0 Å². The summed E-state index contributed by atoms with van der Waals surface area (Å²) in [5.41, 5.74) is 0. The molecule has 0 heterocycles. The van der Waals surface area contributed by atoms with E-state index in [4.69, 9.17) is 14.9 Å². The van der Waals surface area contributed by atoms with E-state index in [1.165, 1.54) is 11.8 Å². The Morgan fingerprint density at radius 3 is 2.40 bits per heavy atom. The molecule has 0 aliphatic rings. The molecule has 104 valence electrons. The van der Waals surface area contributed by atoms with Crippen molar-refractivity contribution in [2.45, 2.75) is 4.90 Å². The number of ether oxygens (including phenoxy) is 1. The number of fused-ring (bicyclic) bond motifs is 1. The lowest BCUT2D eigenvalue weighted by atomic mass is 10.1. The van der Waals surface area contributed by atoms with Crippen LogP contribution in [0.15, 0.2) is 41.3 Å². The topological polar surface area (TPSA) is 83.8 Å². The van der Waals surface area contributed by atoms with Crippen molar-refractivity contribution in [3.05, 3.63) is 36.4 Å². The minimum atomic E-state index is -1.02. The number of carbonyl (C=O) groups is 2. The summed E-state index contributed by atoms with van der Waals surface area (Å²) in [4.78, 5) is 21.8. The smallest absolute Gasteiger partial charge is 0.341 e. The lowest BCUT2D eigenvalue weighted by Crippen LogP contribution is -2.09. The highest BCUT2D eigenvalue weighted by Gasteiger charge is 2.04. The molecule has 0 saturated carbocycles. The van der Waals surface area contributed by atoms with Crippen molar-refractivity contribution in [2.24, 2.45) is 0 Å². The van der Waals surface area contributed by atoms with Crippen molar-refractivity contribution < 1.29 is 24.5 Å². The molecule has 0 atom stereocenters. The van der Waals surface area contributed by atoms with Crippen LogP contribution in [0, 0.1) is 0 Å². The number of carboxylic acids is 2. The molecule has 0 aliphatic carbocycles. The molecule has 5 nitrogen and oxygen atoms in total. The lowest BCUT2D eigenvalue weighted by Gasteiger charge is -2.06. The molecule has 0 aromatic heterocycles. The van der Waals surface area contributed by atoms with Crippen LogP contribution < -0.4 is 4.74 Å². The van der Waals surface area contributed by atoms with Crippen molar-refractivity contribution in [2.75, 3.05) is 12.4 Å². The highest BCUT2D eigenvalue weighted by molar-refractivity contribution is 8.00. The van der Waals surface area contributed by atoms with Crippen molar-refractivity contribution >= 4 is 34.5 Å². The first kappa shape index (κ1) is 14.2. The number of carboxylic acid groups (broad SMARTS) is 2. The summed E-state index contributed by atoms with van der Waals surface area (Å²) < 4.78 is 5.10. The molecular formula is C14H12O5S. The number of benzene rings is 2. The SMILES string of the molecule is O=C(O)COc1ccc2cc(SCC(=O)O)ccc2c1. The molecule has 6 heteroatoms. The van der Waals surface area contributed by atoms with E-state index in [9.17, 15) is 9.59 Å². The van der Waals surface area contributed by atoms with E-state index in [0.29, 0.717) is 5.75 Å². The van der Waals surface area contributed by atoms with Gasteiger partial charge in [-0.15, -0.1) is 11.8 Å². The van der Waals surface area contributed by atoms with Gasteiger partial charge in [-0.2, -0.15) is 0 Å². The maximum absolute atomic E-state index is 10.5. The van der Waals surface area contributed by atoms with Crippen LogP contribution in [0.2, 0.25) is 0 Å². The zero-order valence-electron chi connectivity index (χ0n) is 10.4. The van der Waals surface area contributed by atoms with E-state index in [1.807, 2.05) is 24.3 Å². The first-order valence-corrected chi connectivity index (χ1v) is 6.76. The second-order valence-corrected chi connectivity index (χ2v) is 5.08. The molecule has 0 aliphatic heterocycles. The summed E-state index contributed by atoms with van der Waals surface area (Å²) in [6, 6.07) is 10.8. The molecular weight excluding hydrogens is 280 g/mol. The molecule has 2 aromatic carbocycles. The van der Waals surface area contributed by atoms with Gasteiger partial charge in [-0.05, 0) is 35.0 Å². The summed E-state index contributed by atoms with van der Waals surface area (Å²) in [7, 11) is 0. The molecule has 0 bridgehead atoms. The Morgan fingerprint density at radius 2 is 1.70 bits per heavy atom. The van der Waals surface area contributed by atoms with Crippen LogP contribution in [0.3, 0.4) is 0 Å². The average molecular weight is 292 g/mol. The van der Waals surface area contributed by atoms with Gasteiger partial charge in [0.05, 0.1) is 5.75 Å². The van der Waals surface area contributed by atoms with Gasteiger partial charge in [0.25, 0.3) is 0 Å². The Hall–Kier alpha value is -2.21. The van der Waals surface area contributed by atoms with Crippen LogP contribution in [0.5, 0.6) is 5.75 Å². The van der Waals surface area contributed by atoms with Crippen molar-refractivity contribution in [1.29, 1.82) is 0 Å². The molecule has 0 spiro atoms. The van der Waals surface area contributed by atoms with Gasteiger partial charge in [0.1, 0.15) is 5.75 Å². The van der Waals surface area contributed by atoms with Gasteiger partial charge in [0.2, 0.25) is 0 Å². The van der Waals surface area contributed by atoms with Crippen molar-refractivity contribution in [3.63, 3.8) is 0 Å². The Kier molecular flexibility index (Phi) is 4.47. The molecule has 0 radical (unpaired) electrons. The minimum Gasteiger partial charge on any atom is -0.482 e. The summed E-state index contributed by atoms with van der Waals surface area (Å²) in [5.74, 6) is -1.37. The van der Waals surface area contributed by atoms with Crippen molar-refractivity contribution in [1.82, 2.24) is 0 Å². The first-order chi connectivity index (χ1) is 9.54. The Bertz CT molecular complexity index is 596. The average Bonchev–Trinajstić information content (AvgIpc) is 2.42. The molecule has 2 aromatic rings. The van der Waals surface area contributed by atoms with E-state index in [1.54, 1.807) is 12.1 Å². The van der Waals surface area contributed by atoms with Crippen molar-refractivity contribution in [3.8, 4) is 5.75 Å². The van der Waals surface area contributed by atoms with Crippen LogP contribution in [0.1, 0.15) is 0 Å².